The molecule has 0 saturated carbocycles. The van der Waals surface area contributed by atoms with Crippen molar-refractivity contribution >= 4 is 11.8 Å². The molecule has 9 nitrogen and oxygen atoms in total. The van der Waals surface area contributed by atoms with Crippen LogP contribution in [0.2, 0.25) is 0 Å². The fraction of sp³-hybridized carbons (Fsp3) is 0.0909. The molecule has 5 rings (SSSR count). The second-order valence-electron chi connectivity index (χ2n) is 6.71. The summed E-state index contributed by atoms with van der Waals surface area (Å²) in [5.74, 6) is 2.74. The molecule has 0 bridgehead atoms. The van der Waals surface area contributed by atoms with E-state index in [1.54, 1.807) is 24.2 Å². The minimum atomic E-state index is 0.520. The Hall–Kier alpha value is -4.05. The zero-order valence-electron chi connectivity index (χ0n) is 17.1. The van der Waals surface area contributed by atoms with Crippen molar-refractivity contribution in [1.29, 1.82) is 0 Å². The van der Waals surface area contributed by atoms with E-state index in [2.05, 4.69) is 30.7 Å². The molecule has 0 N–H and O–H groups in total. The minimum Gasteiger partial charge on any atom is -0.497 e. The molecule has 0 radical (unpaired) electrons. The molecule has 0 aliphatic carbocycles. The molecule has 158 valence electrons. The summed E-state index contributed by atoms with van der Waals surface area (Å²) in [6.45, 7) is 0. The number of tetrazole rings is 1. The van der Waals surface area contributed by atoms with Crippen molar-refractivity contribution in [3.63, 3.8) is 0 Å². The predicted molar refractivity (Wildman–Crippen MR) is 120 cm³/mol. The first-order chi connectivity index (χ1) is 15.8. The third-order valence-corrected chi connectivity index (χ3v) is 5.69. The summed E-state index contributed by atoms with van der Waals surface area (Å²) in [5, 5.41) is 21.8. The van der Waals surface area contributed by atoms with Gasteiger partial charge in [0.25, 0.3) is 0 Å². The van der Waals surface area contributed by atoms with Crippen molar-refractivity contribution in [2.75, 3.05) is 7.11 Å². The van der Waals surface area contributed by atoms with Gasteiger partial charge < -0.3 is 4.74 Å². The first kappa shape index (κ1) is 19.9. The molecule has 0 unspecified atom stereocenters. The second-order valence-corrected chi connectivity index (χ2v) is 7.65. The maximum absolute atomic E-state index is 5.30. The number of ether oxygens (including phenoxy) is 1. The van der Waals surface area contributed by atoms with Gasteiger partial charge in [0.05, 0.1) is 18.6 Å². The lowest BCUT2D eigenvalue weighted by Crippen LogP contribution is -2.03. The molecule has 0 amide bonds. The summed E-state index contributed by atoms with van der Waals surface area (Å²) >= 11 is 1.51. The van der Waals surface area contributed by atoms with Gasteiger partial charge in [-0.3, -0.25) is 9.55 Å². The van der Waals surface area contributed by atoms with Crippen LogP contribution >= 0.6 is 11.8 Å². The molecule has 3 aromatic heterocycles. The topological polar surface area (TPSA) is 96.4 Å². The van der Waals surface area contributed by atoms with Crippen LogP contribution < -0.4 is 4.74 Å². The Labute approximate surface area is 188 Å². The molecule has 0 fully saturated rings. The van der Waals surface area contributed by atoms with Gasteiger partial charge in [0, 0.05) is 23.6 Å². The van der Waals surface area contributed by atoms with Crippen LogP contribution in [0.25, 0.3) is 22.8 Å². The van der Waals surface area contributed by atoms with E-state index in [0.29, 0.717) is 5.75 Å². The lowest BCUT2D eigenvalue weighted by atomic mass is 10.2. The lowest BCUT2D eigenvalue weighted by Gasteiger charge is -2.11. The largest absolute Gasteiger partial charge is 0.497 e. The first-order valence-electron chi connectivity index (χ1n) is 9.79. The summed E-state index contributed by atoms with van der Waals surface area (Å²) in [4.78, 5) is 4.11. The second kappa shape index (κ2) is 8.98. The highest BCUT2D eigenvalue weighted by Gasteiger charge is 2.18. The van der Waals surface area contributed by atoms with Crippen molar-refractivity contribution < 1.29 is 4.74 Å². The third kappa shape index (κ3) is 3.95. The van der Waals surface area contributed by atoms with Gasteiger partial charge in [0.2, 0.25) is 0 Å². The number of rotatable bonds is 7. The highest BCUT2D eigenvalue weighted by molar-refractivity contribution is 7.98. The maximum atomic E-state index is 5.30. The van der Waals surface area contributed by atoms with E-state index in [4.69, 9.17) is 4.74 Å². The number of thioether (sulfide) groups is 1. The number of hydrogen-bond donors (Lipinski definition) is 0. The molecule has 3 heterocycles. The van der Waals surface area contributed by atoms with Crippen molar-refractivity contribution in [2.45, 2.75) is 10.9 Å². The van der Waals surface area contributed by atoms with Crippen LogP contribution in [0.5, 0.6) is 5.75 Å². The maximum Gasteiger partial charge on any atom is 0.196 e. The molecule has 5 aromatic rings. The average molecular weight is 443 g/mol. The Morgan fingerprint density at radius 1 is 0.844 bits per heavy atom. The molecule has 10 heteroatoms. The summed E-state index contributed by atoms with van der Waals surface area (Å²) in [5.41, 5.74) is 2.75. The smallest absolute Gasteiger partial charge is 0.196 e. The Balaban J connectivity index is 1.50. The number of nitrogens with zero attached hydrogens (tertiary/aromatic N) is 8. The normalized spacial score (nSPS) is 10.9. The number of para-hydroxylation sites is 1. The molecular formula is C22H18N8OS. The van der Waals surface area contributed by atoms with Crippen molar-refractivity contribution in [2.24, 2.45) is 0 Å². The summed E-state index contributed by atoms with van der Waals surface area (Å²) in [7, 11) is 1.65. The molecular weight excluding hydrogens is 424 g/mol. The fourth-order valence-corrected chi connectivity index (χ4v) is 4.07. The van der Waals surface area contributed by atoms with Gasteiger partial charge in [-0.05, 0) is 59.0 Å². The zero-order chi connectivity index (χ0) is 21.8. The quantitative estimate of drug-likeness (QED) is 0.353. The molecule has 2 aromatic carbocycles. The number of methoxy groups -OCH3 is 1. The van der Waals surface area contributed by atoms with Crippen LogP contribution in [0.4, 0.5) is 0 Å². The zero-order valence-corrected chi connectivity index (χ0v) is 17.9. The van der Waals surface area contributed by atoms with Gasteiger partial charge in [-0.1, -0.05) is 30.0 Å². The van der Waals surface area contributed by atoms with E-state index in [-0.39, 0.29) is 0 Å². The first-order valence-corrected chi connectivity index (χ1v) is 10.8. The third-order valence-electron chi connectivity index (χ3n) is 4.77. The highest BCUT2D eigenvalue weighted by atomic mass is 32.2. The van der Waals surface area contributed by atoms with E-state index in [1.807, 2.05) is 71.3 Å². The monoisotopic (exact) mass is 442 g/mol. The van der Waals surface area contributed by atoms with Gasteiger partial charge in [0.1, 0.15) is 5.75 Å². The van der Waals surface area contributed by atoms with Crippen LogP contribution in [-0.4, -0.2) is 47.1 Å². The molecule has 0 aliphatic rings. The summed E-state index contributed by atoms with van der Waals surface area (Å²) in [6.07, 6.45) is 3.48. The Kier molecular flexibility index (Phi) is 5.58. The molecule has 0 atom stereocenters. The van der Waals surface area contributed by atoms with E-state index in [9.17, 15) is 0 Å². The molecule has 0 saturated heterocycles. The minimum absolute atomic E-state index is 0.520. The number of benzene rings is 2. The highest BCUT2D eigenvalue weighted by Crippen LogP contribution is 2.30. The van der Waals surface area contributed by atoms with Crippen LogP contribution in [-0.2, 0) is 5.75 Å². The summed E-state index contributed by atoms with van der Waals surface area (Å²) < 4.78 is 9.04. The standard InChI is InChI=1S/C22H18N8OS/c1-31-19-9-7-17(8-10-19)29-21(16-11-13-23-14-12-16)25-26-22(29)32-15-20-24-27-28-30(20)18-5-3-2-4-6-18/h2-14H,15H2,1H3. The number of aromatic nitrogens is 8. The van der Waals surface area contributed by atoms with E-state index in [0.717, 1.165) is 39.5 Å². The van der Waals surface area contributed by atoms with E-state index in [1.165, 1.54) is 11.8 Å². The Morgan fingerprint density at radius 2 is 1.62 bits per heavy atom. The van der Waals surface area contributed by atoms with Crippen molar-refractivity contribution in [1.82, 2.24) is 40.0 Å². The fourth-order valence-electron chi connectivity index (χ4n) is 3.21. The van der Waals surface area contributed by atoms with Crippen molar-refractivity contribution in [3.05, 3.63) is 84.9 Å². The number of pyridine rings is 1. The number of hydrogen-bond acceptors (Lipinski definition) is 8. The van der Waals surface area contributed by atoms with E-state index < -0.39 is 0 Å². The Morgan fingerprint density at radius 3 is 2.38 bits per heavy atom. The predicted octanol–water partition coefficient (Wildman–Crippen LogP) is 3.61. The van der Waals surface area contributed by atoms with Crippen LogP contribution in [0.15, 0.2) is 84.3 Å². The van der Waals surface area contributed by atoms with Gasteiger partial charge >= 0.3 is 0 Å². The average Bonchev–Trinajstić information content (AvgIpc) is 3.51. The van der Waals surface area contributed by atoms with Gasteiger partial charge in [-0.2, -0.15) is 4.68 Å². The van der Waals surface area contributed by atoms with Crippen molar-refractivity contribution in [3.8, 4) is 28.5 Å². The van der Waals surface area contributed by atoms with E-state index >= 15 is 0 Å². The molecule has 32 heavy (non-hydrogen) atoms. The van der Waals surface area contributed by atoms with Gasteiger partial charge in [0.15, 0.2) is 16.8 Å². The van der Waals surface area contributed by atoms with Crippen LogP contribution in [0.1, 0.15) is 5.82 Å². The van der Waals surface area contributed by atoms with Gasteiger partial charge in [-0.25, -0.2) is 0 Å². The van der Waals surface area contributed by atoms with Crippen LogP contribution in [0, 0.1) is 0 Å². The lowest BCUT2D eigenvalue weighted by molar-refractivity contribution is 0.414. The summed E-state index contributed by atoms with van der Waals surface area (Å²) in [6, 6.07) is 21.4. The Bertz CT molecular complexity index is 1300. The molecule has 0 spiro atoms. The van der Waals surface area contributed by atoms with Gasteiger partial charge in [-0.15, -0.1) is 15.3 Å². The SMILES string of the molecule is COc1ccc(-n2c(SCc3nnnn3-c3ccccc3)nnc2-c2ccncc2)cc1. The molecule has 0 aliphatic heterocycles. The van der Waals surface area contributed by atoms with Crippen LogP contribution in [0.3, 0.4) is 0 Å².